The normalized spacial score (nSPS) is 12.7. The van der Waals surface area contributed by atoms with Crippen LogP contribution in [0.2, 0.25) is 5.02 Å². The van der Waals surface area contributed by atoms with Gasteiger partial charge in [-0.05, 0) is 25.2 Å². The van der Waals surface area contributed by atoms with Gasteiger partial charge in [-0.2, -0.15) is 5.10 Å². The highest BCUT2D eigenvalue weighted by Gasteiger charge is 2.18. The molecule has 0 saturated carbocycles. The molecule has 0 spiro atoms. The summed E-state index contributed by atoms with van der Waals surface area (Å²) >= 11 is 5.55. The maximum Gasteiger partial charge on any atom is 0.142 e. The van der Waals surface area contributed by atoms with Crippen LogP contribution in [-0.4, -0.2) is 16.8 Å². The molecule has 102 valence electrons. The molecule has 0 aliphatic carbocycles. The maximum atomic E-state index is 13.9. The van der Waals surface area contributed by atoms with Crippen LogP contribution in [0.3, 0.4) is 0 Å². The predicted molar refractivity (Wildman–Crippen MR) is 70.1 cm³/mol. The topological polar surface area (TPSA) is 29.9 Å². The molecule has 3 nitrogen and oxygen atoms in total. The van der Waals surface area contributed by atoms with Gasteiger partial charge in [-0.3, -0.25) is 4.68 Å². The molecule has 1 unspecified atom stereocenters. The fraction of sp³-hybridized carbons (Fsp3) is 0.308. The van der Waals surface area contributed by atoms with E-state index in [1.54, 1.807) is 25.0 Å². The van der Waals surface area contributed by atoms with E-state index in [4.69, 9.17) is 11.6 Å². The number of benzene rings is 1. The molecule has 0 aliphatic heterocycles. The first kappa shape index (κ1) is 14.0. The first-order valence-electron chi connectivity index (χ1n) is 5.81. The van der Waals surface area contributed by atoms with Crippen molar-refractivity contribution in [2.24, 2.45) is 7.05 Å². The Balaban J connectivity index is 2.29. The van der Waals surface area contributed by atoms with Crippen molar-refractivity contribution in [2.45, 2.75) is 12.5 Å². The SMILES string of the molecule is CNC(Cc1ccn(C)n1)c1cc(F)c(Cl)cc1F. The zero-order valence-corrected chi connectivity index (χ0v) is 11.4. The van der Waals surface area contributed by atoms with Crippen molar-refractivity contribution >= 4 is 11.6 Å². The molecule has 1 atom stereocenters. The molecule has 19 heavy (non-hydrogen) atoms. The standard InChI is InChI=1S/C13H14ClF2N3/c1-17-13(5-8-3-4-19(2)18-8)9-6-12(16)10(14)7-11(9)15/h3-4,6-7,13,17H,5H2,1-2H3. The van der Waals surface area contributed by atoms with Crippen LogP contribution < -0.4 is 5.32 Å². The van der Waals surface area contributed by atoms with E-state index >= 15 is 0 Å². The second kappa shape index (κ2) is 5.67. The molecular weight excluding hydrogens is 272 g/mol. The first-order valence-corrected chi connectivity index (χ1v) is 6.19. The van der Waals surface area contributed by atoms with Crippen LogP contribution in [0.4, 0.5) is 8.78 Å². The molecule has 2 aromatic rings. The second-order valence-corrected chi connectivity index (χ2v) is 4.72. The Labute approximate surface area is 115 Å². The fourth-order valence-electron chi connectivity index (χ4n) is 1.95. The number of hydrogen-bond donors (Lipinski definition) is 1. The van der Waals surface area contributed by atoms with Gasteiger partial charge in [-0.25, -0.2) is 8.78 Å². The molecule has 1 heterocycles. The van der Waals surface area contributed by atoms with Gasteiger partial charge in [0.15, 0.2) is 0 Å². The summed E-state index contributed by atoms with van der Waals surface area (Å²) in [7, 11) is 3.50. The van der Waals surface area contributed by atoms with Gasteiger partial charge in [0.05, 0.1) is 10.7 Å². The van der Waals surface area contributed by atoms with E-state index in [1.165, 1.54) is 0 Å². The molecule has 0 saturated heterocycles. The van der Waals surface area contributed by atoms with Crippen LogP contribution in [0.1, 0.15) is 17.3 Å². The summed E-state index contributed by atoms with van der Waals surface area (Å²) in [5, 5.41) is 6.98. The van der Waals surface area contributed by atoms with Crippen LogP contribution in [-0.2, 0) is 13.5 Å². The molecular formula is C13H14ClF2N3. The average Bonchev–Trinajstić information content (AvgIpc) is 2.77. The molecule has 2 rings (SSSR count). The Kier molecular flexibility index (Phi) is 4.17. The Morgan fingerprint density at radius 2 is 2.11 bits per heavy atom. The van der Waals surface area contributed by atoms with Gasteiger partial charge in [0.25, 0.3) is 0 Å². The lowest BCUT2D eigenvalue weighted by Crippen LogP contribution is -2.20. The van der Waals surface area contributed by atoms with Gasteiger partial charge in [-0.15, -0.1) is 0 Å². The van der Waals surface area contributed by atoms with Crippen LogP contribution in [0.5, 0.6) is 0 Å². The van der Waals surface area contributed by atoms with E-state index in [0.717, 1.165) is 17.8 Å². The van der Waals surface area contributed by atoms with Crippen LogP contribution >= 0.6 is 11.6 Å². The van der Waals surface area contributed by atoms with E-state index in [1.807, 2.05) is 6.07 Å². The largest absolute Gasteiger partial charge is 0.313 e. The summed E-state index contributed by atoms with van der Waals surface area (Å²) in [6.07, 6.45) is 2.27. The van der Waals surface area contributed by atoms with Crippen molar-refractivity contribution < 1.29 is 8.78 Å². The van der Waals surface area contributed by atoms with Crippen LogP contribution in [0.25, 0.3) is 0 Å². The van der Waals surface area contributed by atoms with Gasteiger partial charge < -0.3 is 5.32 Å². The van der Waals surface area contributed by atoms with Crippen molar-refractivity contribution in [1.82, 2.24) is 15.1 Å². The number of nitrogens with one attached hydrogen (secondary N) is 1. The van der Waals surface area contributed by atoms with Crippen LogP contribution in [0.15, 0.2) is 24.4 Å². The third-order valence-corrected chi connectivity index (χ3v) is 3.24. The minimum absolute atomic E-state index is 0.214. The lowest BCUT2D eigenvalue weighted by Gasteiger charge is -2.16. The van der Waals surface area contributed by atoms with Gasteiger partial charge in [0.2, 0.25) is 0 Å². The summed E-state index contributed by atoms with van der Waals surface area (Å²) in [5.74, 6) is -1.15. The van der Waals surface area contributed by atoms with Crippen molar-refractivity contribution in [2.75, 3.05) is 7.05 Å². The third-order valence-electron chi connectivity index (χ3n) is 2.95. The first-order chi connectivity index (χ1) is 9.01. The average molecular weight is 286 g/mol. The van der Waals surface area contributed by atoms with Crippen molar-refractivity contribution in [3.8, 4) is 0 Å². The molecule has 1 N–H and O–H groups in total. The number of hydrogen-bond acceptors (Lipinski definition) is 2. The van der Waals surface area contributed by atoms with Gasteiger partial charge >= 0.3 is 0 Å². The molecule has 6 heteroatoms. The number of likely N-dealkylation sites (N-methyl/N-ethyl adjacent to an activating group) is 1. The number of aryl methyl sites for hydroxylation is 1. The highest BCUT2D eigenvalue weighted by molar-refractivity contribution is 6.30. The molecule has 0 aliphatic rings. The van der Waals surface area contributed by atoms with E-state index in [-0.39, 0.29) is 16.6 Å². The van der Waals surface area contributed by atoms with Crippen molar-refractivity contribution in [3.05, 3.63) is 52.3 Å². The Morgan fingerprint density at radius 1 is 1.37 bits per heavy atom. The second-order valence-electron chi connectivity index (χ2n) is 4.31. The van der Waals surface area contributed by atoms with E-state index in [2.05, 4.69) is 10.4 Å². The number of rotatable bonds is 4. The summed E-state index contributed by atoms with van der Waals surface area (Å²) < 4.78 is 29.0. The van der Waals surface area contributed by atoms with Gasteiger partial charge in [-0.1, -0.05) is 11.6 Å². The summed E-state index contributed by atoms with van der Waals surface area (Å²) in [5.41, 5.74) is 1.05. The zero-order valence-electron chi connectivity index (χ0n) is 10.6. The number of halogens is 3. The quantitative estimate of drug-likeness (QED) is 0.876. The molecule has 0 fully saturated rings. The van der Waals surface area contributed by atoms with Gasteiger partial charge in [0, 0.05) is 31.3 Å². The predicted octanol–water partition coefficient (Wildman–Crippen LogP) is 2.85. The summed E-state index contributed by atoms with van der Waals surface area (Å²) in [6, 6.07) is 3.60. The number of aromatic nitrogens is 2. The molecule has 1 aromatic heterocycles. The Hall–Kier alpha value is -1.46. The Bertz CT molecular complexity index is 583. The van der Waals surface area contributed by atoms with E-state index in [0.29, 0.717) is 6.42 Å². The van der Waals surface area contributed by atoms with Crippen molar-refractivity contribution in [3.63, 3.8) is 0 Å². The lowest BCUT2D eigenvalue weighted by atomic mass is 10.0. The number of nitrogens with zero attached hydrogens (tertiary/aromatic N) is 2. The Morgan fingerprint density at radius 3 is 2.68 bits per heavy atom. The third kappa shape index (κ3) is 3.11. The van der Waals surface area contributed by atoms with Crippen LogP contribution in [0, 0.1) is 11.6 Å². The van der Waals surface area contributed by atoms with E-state index in [9.17, 15) is 8.78 Å². The molecule has 0 bridgehead atoms. The monoisotopic (exact) mass is 285 g/mol. The minimum atomic E-state index is -0.626. The molecule has 1 aromatic carbocycles. The minimum Gasteiger partial charge on any atom is -0.313 e. The lowest BCUT2D eigenvalue weighted by molar-refractivity contribution is 0.517. The smallest absolute Gasteiger partial charge is 0.142 e. The molecule has 0 radical (unpaired) electrons. The highest BCUT2D eigenvalue weighted by Crippen LogP contribution is 2.25. The van der Waals surface area contributed by atoms with Crippen molar-refractivity contribution in [1.29, 1.82) is 0 Å². The fourth-order valence-corrected chi connectivity index (χ4v) is 2.10. The maximum absolute atomic E-state index is 13.9. The molecule has 0 amide bonds. The van der Waals surface area contributed by atoms with Gasteiger partial charge in [0.1, 0.15) is 11.6 Å². The van der Waals surface area contributed by atoms with E-state index < -0.39 is 11.6 Å². The summed E-state index contributed by atoms with van der Waals surface area (Å²) in [6.45, 7) is 0. The zero-order chi connectivity index (χ0) is 14.0. The highest BCUT2D eigenvalue weighted by atomic mass is 35.5. The summed E-state index contributed by atoms with van der Waals surface area (Å²) in [4.78, 5) is 0.